The minimum absolute atomic E-state index is 0.0938. The maximum absolute atomic E-state index is 12.6. The van der Waals surface area contributed by atoms with Crippen LogP contribution in [0.15, 0.2) is 54.1 Å². The smallest absolute Gasteiger partial charge is 0.192 e. The molecule has 0 aromatic heterocycles. The lowest BCUT2D eigenvalue weighted by Crippen LogP contribution is -2.38. The Morgan fingerprint density at radius 1 is 0.758 bits per heavy atom. The van der Waals surface area contributed by atoms with Crippen LogP contribution >= 0.6 is 0 Å². The summed E-state index contributed by atoms with van der Waals surface area (Å²) in [5, 5.41) is 0. The summed E-state index contributed by atoms with van der Waals surface area (Å²) in [6, 6.07) is 9.50. The lowest BCUT2D eigenvalue weighted by Gasteiger charge is -2.27. The van der Waals surface area contributed by atoms with Crippen molar-refractivity contribution in [2.45, 2.75) is 128 Å². The molecule has 0 aliphatic heterocycles. The highest BCUT2D eigenvalue weighted by Crippen LogP contribution is 2.26. The van der Waals surface area contributed by atoms with Gasteiger partial charge in [0.15, 0.2) is 5.78 Å². The Morgan fingerprint density at radius 2 is 1.24 bits per heavy atom. The van der Waals surface area contributed by atoms with E-state index < -0.39 is 0 Å². The lowest BCUT2D eigenvalue weighted by molar-refractivity contribution is 0.103. The monoisotopic (exact) mass is 451 g/mol. The van der Waals surface area contributed by atoms with Gasteiger partial charge in [-0.1, -0.05) is 158 Å². The first-order valence-corrected chi connectivity index (χ1v) is 13.9. The highest BCUT2D eigenvalue weighted by atomic mass is 16.1. The molecular formula is C31H49NO. The molecule has 0 heterocycles. The Hall–Kier alpha value is -1.67. The van der Waals surface area contributed by atoms with Crippen molar-refractivity contribution in [2.24, 2.45) is 5.73 Å². The summed E-state index contributed by atoms with van der Waals surface area (Å²) in [4.78, 5) is 12.6. The highest BCUT2D eigenvalue weighted by molar-refractivity contribution is 6.10. The third-order valence-electron chi connectivity index (χ3n) is 7.09. The second kappa shape index (κ2) is 16.9. The van der Waals surface area contributed by atoms with Crippen LogP contribution in [0.25, 0.3) is 0 Å². The van der Waals surface area contributed by atoms with E-state index >= 15 is 0 Å². The van der Waals surface area contributed by atoms with E-state index in [1.807, 2.05) is 42.5 Å². The molecule has 1 aromatic rings. The number of Topliss-reactive ketones (excluding diaryl/α,β-unsaturated/α-hetero) is 1. The van der Waals surface area contributed by atoms with Gasteiger partial charge in [-0.3, -0.25) is 4.79 Å². The molecule has 1 aliphatic carbocycles. The van der Waals surface area contributed by atoms with Gasteiger partial charge in [0.05, 0.1) is 0 Å². The van der Waals surface area contributed by atoms with Crippen LogP contribution in [0, 0.1) is 0 Å². The zero-order valence-electron chi connectivity index (χ0n) is 21.3. The fourth-order valence-electron chi connectivity index (χ4n) is 4.80. The minimum Gasteiger partial charge on any atom is -0.322 e. The van der Waals surface area contributed by atoms with Crippen molar-refractivity contribution in [3.63, 3.8) is 0 Å². The molecule has 33 heavy (non-hydrogen) atoms. The Labute approximate surface area is 204 Å². The molecule has 2 nitrogen and oxygen atoms in total. The largest absolute Gasteiger partial charge is 0.322 e. The first kappa shape index (κ1) is 27.6. The van der Waals surface area contributed by atoms with E-state index in [0.29, 0.717) is 0 Å². The highest BCUT2D eigenvalue weighted by Gasteiger charge is 2.24. The Balaban J connectivity index is 1.43. The van der Waals surface area contributed by atoms with Gasteiger partial charge in [-0.15, -0.1) is 0 Å². The maximum atomic E-state index is 12.6. The van der Waals surface area contributed by atoms with Crippen LogP contribution in [-0.4, -0.2) is 11.3 Å². The minimum atomic E-state index is -0.281. The van der Waals surface area contributed by atoms with Gasteiger partial charge in [-0.2, -0.15) is 0 Å². The molecule has 0 saturated heterocycles. The Kier molecular flexibility index (Phi) is 14.1. The number of nitrogens with two attached hydrogens (primary N) is 1. The third-order valence-corrected chi connectivity index (χ3v) is 7.09. The summed E-state index contributed by atoms with van der Waals surface area (Å²) in [6.07, 6.45) is 30.0. The topological polar surface area (TPSA) is 43.1 Å². The number of hydrogen-bond donors (Lipinski definition) is 1. The van der Waals surface area contributed by atoms with Crippen molar-refractivity contribution >= 4 is 5.78 Å². The number of carbonyl (C=O) groups excluding carboxylic acids is 1. The van der Waals surface area contributed by atoms with E-state index in [1.54, 1.807) is 0 Å². The van der Waals surface area contributed by atoms with Crippen molar-refractivity contribution in [3.8, 4) is 0 Å². The summed E-state index contributed by atoms with van der Waals surface area (Å²) in [5.74, 6) is 0.0938. The van der Waals surface area contributed by atoms with Gasteiger partial charge in [0.25, 0.3) is 0 Å². The molecule has 0 saturated carbocycles. The first-order valence-electron chi connectivity index (χ1n) is 13.9. The number of rotatable bonds is 19. The molecule has 0 fully saturated rings. The van der Waals surface area contributed by atoms with Gasteiger partial charge in [0, 0.05) is 16.7 Å². The van der Waals surface area contributed by atoms with E-state index in [0.717, 1.165) is 24.0 Å². The van der Waals surface area contributed by atoms with Gasteiger partial charge in [0.1, 0.15) is 0 Å². The summed E-state index contributed by atoms with van der Waals surface area (Å²) in [6.45, 7) is 2.29. The van der Waals surface area contributed by atoms with Crippen molar-refractivity contribution in [2.75, 3.05) is 0 Å². The van der Waals surface area contributed by atoms with Crippen LogP contribution in [0.5, 0.6) is 0 Å². The quantitative estimate of drug-likeness (QED) is 0.168. The molecule has 2 N–H and O–H groups in total. The molecule has 1 aliphatic rings. The SMILES string of the molecule is CCCCCCCCCCCCCCCCCCC1(N)C=CC(C(=O)c2ccccc2)=CC1. The molecule has 0 spiro atoms. The number of ketones is 1. The maximum Gasteiger partial charge on any atom is 0.192 e. The number of carbonyl (C=O) groups is 1. The molecular weight excluding hydrogens is 402 g/mol. The van der Waals surface area contributed by atoms with Crippen molar-refractivity contribution in [1.29, 1.82) is 0 Å². The van der Waals surface area contributed by atoms with E-state index in [9.17, 15) is 4.79 Å². The molecule has 0 radical (unpaired) electrons. The van der Waals surface area contributed by atoms with Crippen LogP contribution in [0.1, 0.15) is 133 Å². The second-order valence-corrected chi connectivity index (χ2v) is 10.2. The Bertz CT molecular complexity index is 705. The van der Waals surface area contributed by atoms with Gasteiger partial charge in [-0.05, 0) is 12.8 Å². The molecule has 1 aromatic carbocycles. The standard InChI is InChI=1S/C31H49NO/c1-2-3-4-5-6-7-8-9-10-11-12-13-14-15-16-20-25-31(32)26-23-29(24-27-31)30(33)28-21-18-17-19-22-28/h17-19,21-24,26H,2-16,20,25,27,32H2,1H3. The number of unbranched alkanes of at least 4 members (excludes halogenated alkanes) is 15. The average molecular weight is 452 g/mol. The molecule has 2 rings (SSSR count). The van der Waals surface area contributed by atoms with Crippen LogP contribution in [-0.2, 0) is 0 Å². The zero-order valence-corrected chi connectivity index (χ0v) is 21.3. The molecule has 1 unspecified atom stereocenters. The molecule has 0 amide bonds. The number of benzene rings is 1. The van der Waals surface area contributed by atoms with E-state index in [1.165, 1.54) is 103 Å². The normalized spacial score (nSPS) is 17.8. The fraction of sp³-hybridized carbons (Fsp3) is 0.645. The summed E-state index contributed by atoms with van der Waals surface area (Å²) >= 11 is 0. The fourth-order valence-corrected chi connectivity index (χ4v) is 4.80. The predicted octanol–water partition coefficient (Wildman–Crippen LogP) is 9.10. The second-order valence-electron chi connectivity index (χ2n) is 10.2. The molecule has 184 valence electrons. The van der Waals surface area contributed by atoms with Crippen LogP contribution < -0.4 is 5.73 Å². The van der Waals surface area contributed by atoms with Gasteiger partial charge in [0.2, 0.25) is 0 Å². The van der Waals surface area contributed by atoms with Gasteiger partial charge < -0.3 is 5.73 Å². The predicted molar refractivity (Wildman–Crippen MR) is 144 cm³/mol. The van der Waals surface area contributed by atoms with Crippen molar-refractivity contribution in [3.05, 3.63) is 59.7 Å². The summed E-state index contributed by atoms with van der Waals surface area (Å²) in [7, 11) is 0. The van der Waals surface area contributed by atoms with E-state index in [4.69, 9.17) is 5.73 Å². The average Bonchev–Trinajstić information content (AvgIpc) is 2.84. The van der Waals surface area contributed by atoms with Crippen LogP contribution in [0.4, 0.5) is 0 Å². The van der Waals surface area contributed by atoms with E-state index in [-0.39, 0.29) is 11.3 Å². The number of allylic oxidation sites excluding steroid dienone is 2. The lowest BCUT2D eigenvalue weighted by atomic mass is 9.83. The Morgan fingerprint density at radius 3 is 1.70 bits per heavy atom. The summed E-state index contributed by atoms with van der Waals surface area (Å²) in [5.41, 5.74) is 7.82. The first-order chi connectivity index (χ1) is 16.1. The zero-order chi connectivity index (χ0) is 23.6. The van der Waals surface area contributed by atoms with Gasteiger partial charge >= 0.3 is 0 Å². The summed E-state index contributed by atoms with van der Waals surface area (Å²) < 4.78 is 0. The van der Waals surface area contributed by atoms with Crippen molar-refractivity contribution in [1.82, 2.24) is 0 Å². The molecule has 0 bridgehead atoms. The van der Waals surface area contributed by atoms with Crippen LogP contribution in [0.2, 0.25) is 0 Å². The van der Waals surface area contributed by atoms with Gasteiger partial charge in [-0.25, -0.2) is 0 Å². The molecule has 2 heteroatoms. The van der Waals surface area contributed by atoms with Crippen molar-refractivity contribution < 1.29 is 4.79 Å². The number of hydrogen-bond acceptors (Lipinski definition) is 2. The molecule has 1 atom stereocenters. The van der Waals surface area contributed by atoms with Crippen LogP contribution in [0.3, 0.4) is 0 Å². The third kappa shape index (κ3) is 11.8. The van der Waals surface area contributed by atoms with E-state index in [2.05, 4.69) is 13.0 Å².